The molecule has 0 heterocycles. The molecule has 0 fully saturated rings. The van der Waals surface area contributed by atoms with Gasteiger partial charge in [0.25, 0.3) is 0 Å². The number of rotatable bonds is 5. The summed E-state index contributed by atoms with van der Waals surface area (Å²) in [6, 6.07) is 10.3. The van der Waals surface area contributed by atoms with Gasteiger partial charge in [0.2, 0.25) is 5.75 Å². The molecule has 0 aromatic heterocycles. The van der Waals surface area contributed by atoms with Crippen LogP contribution in [0.1, 0.15) is 15.9 Å². The summed E-state index contributed by atoms with van der Waals surface area (Å²) in [5.41, 5.74) is 0.612. The van der Waals surface area contributed by atoms with Gasteiger partial charge in [0.15, 0.2) is 0 Å². The number of carboxylic acid groups (broad SMARTS) is 1. The number of para-hydroxylation sites is 1. The van der Waals surface area contributed by atoms with E-state index in [1.807, 2.05) is 0 Å². The molecule has 2 aromatic rings. The van der Waals surface area contributed by atoms with Gasteiger partial charge >= 0.3 is 11.7 Å². The number of hydrogen-bond donors (Lipinski definition) is 1. The third-order valence-electron chi connectivity index (χ3n) is 2.73. The van der Waals surface area contributed by atoms with Gasteiger partial charge in [-0.1, -0.05) is 29.8 Å². The maximum absolute atomic E-state index is 10.9. The summed E-state index contributed by atoms with van der Waals surface area (Å²) in [6.07, 6.45) is 0. The van der Waals surface area contributed by atoms with E-state index in [0.29, 0.717) is 5.56 Å². The van der Waals surface area contributed by atoms with E-state index >= 15 is 0 Å². The van der Waals surface area contributed by atoms with E-state index in [2.05, 4.69) is 0 Å². The maximum atomic E-state index is 10.9. The highest BCUT2D eigenvalue weighted by Gasteiger charge is 2.18. The van der Waals surface area contributed by atoms with Gasteiger partial charge in [0.1, 0.15) is 6.61 Å². The first-order valence-corrected chi connectivity index (χ1v) is 6.25. The molecule has 7 heteroatoms. The van der Waals surface area contributed by atoms with E-state index in [4.69, 9.17) is 21.4 Å². The Bertz CT molecular complexity index is 684. The molecule has 0 aliphatic heterocycles. The molecule has 108 valence electrons. The lowest BCUT2D eigenvalue weighted by Gasteiger charge is -2.08. The summed E-state index contributed by atoms with van der Waals surface area (Å²) in [7, 11) is 0. The molecule has 1 N–H and O–H groups in total. The molecule has 2 aromatic carbocycles. The number of benzene rings is 2. The molecular weight excluding hydrogens is 298 g/mol. The summed E-state index contributed by atoms with van der Waals surface area (Å²) >= 11 is 5.90. The fourth-order valence-corrected chi connectivity index (χ4v) is 1.91. The Morgan fingerprint density at radius 2 is 1.90 bits per heavy atom. The van der Waals surface area contributed by atoms with E-state index in [1.165, 1.54) is 30.3 Å². The molecule has 0 amide bonds. The van der Waals surface area contributed by atoms with Gasteiger partial charge in [-0.15, -0.1) is 0 Å². The van der Waals surface area contributed by atoms with Gasteiger partial charge in [-0.05, 0) is 23.8 Å². The summed E-state index contributed by atoms with van der Waals surface area (Å²) in [5, 5.41) is 19.8. The Labute approximate surface area is 124 Å². The lowest BCUT2D eigenvalue weighted by molar-refractivity contribution is -0.385. The molecular formula is C14H10ClNO5. The first kappa shape index (κ1) is 14.8. The van der Waals surface area contributed by atoms with Crippen molar-refractivity contribution in [2.75, 3.05) is 0 Å². The fourth-order valence-electron chi connectivity index (χ4n) is 1.68. The zero-order valence-corrected chi connectivity index (χ0v) is 11.4. The van der Waals surface area contributed by atoms with Crippen LogP contribution >= 0.6 is 11.6 Å². The number of ether oxygens (including phenoxy) is 1. The lowest BCUT2D eigenvalue weighted by Crippen LogP contribution is -2.01. The fraction of sp³-hybridized carbons (Fsp3) is 0.0714. The topological polar surface area (TPSA) is 89.7 Å². The van der Waals surface area contributed by atoms with Crippen molar-refractivity contribution in [2.24, 2.45) is 0 Å². The van der Waals surface area contributed by atoms with Crippen molar-refractivity contribution < 1.29 is 19.6 Å². The van der Waals surface area contributed by atoms with Crippen LogP contribution in [0.5, 0.6) is 5.75 Å². The number of nitrogens with zero attached hydrogens (tertiary/aromatic N) is 1. The minimum Gasteiger partial charge on any atom is -0.481 e. The monoisotopic (exact) mass is 307 g/mol. The van der Waals surface area contributed by atoms with Gasteiger partial charge in [-0.25, -0.2) is 4.79 Å². The van der Waals surface area contributed by atoms with Crippen LogP contribution in [0.4, 0.5) is 5.69 Å². The van der Waals surface area contributed by atoms with E-state index in [9.17, 15) is 14.9 Å². The highest BCUT2D eigenvalue weighted by molar-refractivity contribution is 6.32. The normalized spacial score (nSPS) is 10.1. The quantitative estimate of drug-likeness (QED) is 0.674. The first-order valence-electron chi connectivity index (χ1n) is 5.87. The van der Waals surface area contributed by atoms with Crippen LogP contribution in [-0.4, -0.2) is 16.0 Å². The predicted molar refractivity (Wildman–Crippen MR) is 75.8 cm³/mol. The maximum Gasteiger partial charge on any atom is 0.335 e. The number of aromatic carboxylic acids is 1. The van der Waals surface area contributed by atoms with Crippen molar-refractivity contribution in [2.45, 2.75) is 6.61 Å². The summed E-state index contributed by atoms with van der Waals surface area (Å²) in [4.78, 5) is 21.1. The average molecular weight is 308 g/mol. The molecule has 0 saturated heterocycles. The first-order chi connectivity index (χ1) is 9.99. The molecule has 0 bridgehead atoms. The number of halogens is 1. The number of carboxylic acids is 1. The Morgan fingerprint density at radius 3 is 2.48 bits per heavy atom. The SMILES string of the molecule is O=C(O)c1ccc(COc2c(Cl)cccc2[N+](=O)[O-])cc1. The number of carbonyl (C=O) groups is 1. The highest BCUT2D eigenvalue weighted by Crippen LogP contribution is 2.34. The molecule has 0 aliphatic rings. The Balaban J connectivity index is 2.16. The molecule has 2 rings (SSSR count). The van der Waals surface area contributed by atoms with E-state index in [-0.39, 0.29) is 28.6 Å². The van der Waals surface area contributed by atoms with Crippen LogP contribution in [0.25, 0.3) is 0 Å². The summed E-state index contributed by atoms with van der Waals surface area (Å²) in [5.74, 6) is -1.03. The van der Waals surface area contributed by atoms with Crippen LogP contribution < -0.4 is 4.74 Å². The van der Waals surface area contributed by atoms with Crippen LogP contribution in [0.2, 0.25) is 5.02 Å². The van der Waals surface area contributed by atoms with Crippen LogP contribution in [0.3, 0.4) is 0 Å². The summed E-state index contributed by atoms with van der Waals surface area (Å²) < 4.78 is 5.39. The second kappa shape index (κ2) is 6.23. The third kappa shape index (κ3) is 3.49. The molecule has 0 unspecified atom stereocenters. The summed E-state index contributed by atoms with van der Waals surface area (Å²) in [6.45, 7) is 0.0461. The molecule has 0 saturated carbocycles. The average Bonchev–Trinajstić information content (AvgIpc) is 2.46. The Kier molecular flexibility index (Phi) is 4.39. The third-order valence-corrected chi connectivity index (χ3v) is 3.02. The van der Waals surface area contributed by atoms with Gasteiger partial charge in [0.05, 0.1) is 15.5 Å². The van der Waals surface area contributed by atoms with Crippen molar-refractivity contribution in [3.63, 3.8) is 0 Å². The van der Waals surface area contributed by atoms with Gasteiger partial charge in [-0.2, -0.15) is 0 Å². The second-order valence-corrected chi connectivity index (χ2v) is 4.54. The standard InChI is InChI=1S/C14H10ClNO5/c15-11-2-1-3-12(16(19)20)13(11)21-8-9-4-6-10(7-5-9)14(17)18/h1-7H,8H2,(H,17,18). The van der Waals surface area contributed by atoms with Crippen molar-refractivity contribution in [1.82, 2.24) is 0 Å². The van der Waals surface area contributed by atoms with Gasteiger partial charge < -0.3 is 9.84 Å². The number of nitro benzene ring substituents is 1. The number of hydrogen-bond acceptors (Lipinski definition) is 4. The molecule has 0 radical (unpaired) electrons. The van der Waals surface area contributed by atoms with Crippen molar-refractivity contribution in [1.29, 1.82) is 0 Å². The lowest BCUT2D eigenvalue weighted by atomic mass is 10.1. The zero-order chi connectivity index (χ0) is 15.4. The van der Waals surface area contributed by atoms with Crippen LogP contribution in [-0.2, 0) is 6.61 Å². The molecule has 6 nitrogen and oxygen atoms in total. The zero-order valence-electron chi connectivity index (χ0n) is 10.7. The molecule has 0 aliphatic carbocycles. The molecule has 0 spiro atoms. The van der Waals surface area contributed by atoms with E-state index in [0.717, 1.165) is 0 Å². The van der Waals surface area contributed by atoms with Gasteiger partial charge in [0, 0.05) is 6.07 Å². The van der Waals surface area contributed by atoms with E-state index in [1.54, 1.807) is 12.1 Å². The van der Waals surface area contributed by atoms with Gasteiger partial charge in [-0.3, -0.25) is 10.1 Å². The van der Waals surface area contributed by atoms with Crippen LogP contribution in [0.15, 0.2) is 42.5 Å². The Morgan fingerprint density at radius 1 is 1.24 bits per heavy atom. The number of nitro groups is 1. The van der Waals surface area contributed by atoms with Crippen molar-refractivity contribution in [3.05, 3.63) is 68.7 Å². The van der Waals surface area contributed by atoms with Crippen molar-refractivity contribution in [3.8, 4) is 5.75 Å². The largest absolute Gasteiger partial charge is 0.481 e. The second-order valence-electron chi connectivity index (χ2n) is 4.14. The minimum absolute atomic E-state index is 0.00789. The van der Waals surface area contributed by atoms with Crippen LogP contribution in [0, 0.1) is 10.1 Å². The minimum atomic E-state index is -1.02. The molecule has 0 atom stereocenters. The van der Waals surface area contributed by atoms with Crippen molar-refractivity contribution >= 4 is 23.3 Å². The van der Waals surface area contributed by atoms with E-state index < -0.39 is 10.9 Å². The predicted octanol–water partition coefficient (Wildman–Crippen LogP) is 3.53. The molecule has 21 heavy (non-hydrogen) atoms. The Hall–Kier alpha value is -2.60. The smallest absolute Gasteiger partial charge is 0.335 e. The highest BCUT2D eigenvalue weighted by atomic mass is 35.5.